The summed E-state index contributed by atoms with van der Waals surface area (Å²) in [6.45, 7) is 0. The molecule has 100 valence electrons. The largest absolute Gasteiger partial charge is 0.490 e. The van der Waals surface area contributed by atoms with Gasteiger partial charge >= 0.3 is 6.18 Å². The molecule has 1 aliphatic rings. The molecule has 1 fully saturated rings. The minimum absolute atomic E-state index is 0.0909. The quantitative estimate of drug-likeness (QED) is 0.877. The van der Waals surface area contributed by atoms with Gasteiger partial charge in [-0.1, -0.05) is 12.1 Å². The van der Waals surface area contributed by atoms with Crippen molar-refractivity contribution in [1.82, 2.24) is 0 Å². The van der Waals surface area contributed by atoms with Crippen LogP contribution in [0.4, 0.5) is 13.2 Å². The lowest BCUT2D eigenvalue weighted by Crippen LogP contribution is -2.15. The molecule has 0 heterocycles. The van der Waals surface area contributed by atoms with E-state index in [4.69, 9.17) is 10.5 Å². The highest BCUT2D eigenvalue weighted by Gasteiger charge is 2.28. The lowest BCUT2D eigenvalue weighted by Gasteiger charge is -2.14. The Morgan fingerprint density at radius 2 is 1.83 bits per heavy atom. The second-order valence-corrected chi connectivity index (χ2v) is 4.65. The van der Waals surface area contributed by atoms with Gasteiger partial charge in [-0.3, -0.25) is 0 Å². The molecular formula is C13H16F3NO. The number of rotatable bonds is 5. The first-order valence-corrected chi connectivity index (χ1v) is 6.03. The summed E-state index contributed by atoms with van der Waals surface area (Å²) >= 11 is 0. The van der Waals surface area contributed by atoms with Gasteiger partial charge in [0.25, 0.3) is 0 Å². The molecule has 1 aromatic rings. The summed E-state index contributed by atoms with van der Waals surface area (Å²) in [5.74, 6) is 0.754. The summed E-state index contributed by atoms with van der Waals surface area (Å²) in [5, 5.41) is 0. The molecule has 2 nitrogen and oxygen atoms in total. The van der Waals surface area contributed by atoms with Crippen molar-refractivity contribution >= 4 is 0 Å². The molecular weight excluding hydrogens is 243 g/mol. The van der Waals surface area contributed by atoms with Crippen molar-refractivity contribution in [3.63, 3.8) is 0 Å². The molecule has 0 radical (unpaired) electrons. The molecule has 0 saturated heterocycles. The molecule has 0 aliphatic heterocycles. The smallest absolute Gasteiger partial charge is 0.389 e. The van der Waals surface area contributed by atoms with Crippen molar-refractivity contribution in [2.45, 2.75) is 44.0 Å². The zero-order valence-electron chi connectivity index (χ0n) is 9.91. The van der Waals surface area contributed by atoms with E-state index >= 15 is 0 Å². The predicted octanol–water partition coefficient (Wildman–Crippen LogP) is 3.57. The van der Waals surface area contributed by atoms with Crippen molar-refractivity contribution in [1.29, 1.82) is 0 Å². The van der Waals surface area contributed by atoms with Crippen LogP contribution in [0.1, 0.15) is 37.3 Å². The van der Waals surface area contributed by atoms with E-state index in [0.29, 0.717) is 11.7 Å². The van der Waals surface area contributed by atoms with E-state index in [0.717, 1.165) is 18.6 Å². The Kier molecular flexibility index (Phi) is 3.80. The molecule has 2 rings (SSSR count). The van der Waals surface area contributed by atoms with Crippen LogP contribution in [0.25, 0.3) is 0 Å². The number of halogens is 3. The first-order valence-electron chi connectivity index (χ1n) is 6.03. The van der Waals surface area contributed by atoms with Crippen molar-refractivity contribution in [3.8, 4) is 5.75 Å². The summed E-state index contributed by atoms with van der Waals surface area (Å²) in [5.41, 5.74) is 6.44. The first-order chi connectivity index (χ1) is 8.44. The lowest BCUT2D eigenvalue weighted by molar-refractivity contribution is -0.136. The Balaban J connectivity index is 1.87. The molecule has 1 saturated carbocycles. The van der Waals surface area contributed by atoms with Crippen LogP contribution in [0, 0.1) is 0 Å². The van der Waals surface area contributed by atoms with Crippen LogP contribution < -0.4 is 10.5 Å². The third-order valence-electron chi connectivity index (χ3n) is 2.87. The number of hydrogen-bond acceptors (Lipinski definition) is 2. The topological polar surface area (TPSA) is 35.2 Å². The third-order valence-corrected chi connectivity index (χ3v) is 2.87. The highest BCUT2D eigenvalue weighted by molar-refractivity contribution is 5.29. The Hall–Kier alpha value is -1.23. The van der Waals surface area contributed by atoms with Gasteiger partial charge in [-0.25, -0.2) is 0 Å². The van der Waals surface area contributed by atoms with E-state index in [1.165, 1.54) is 0 Å². The van der Waals surface area contributed by atoms with E-state index in [9.17, 15) is 13.2 Å². The Morgan fingerprint density at radius 1 is 1.22 bits per heavy atom. The minimum atomic E-state index is -4.15. The van der Waals surface area contributed by atoms with Crippen LogP contribution in [0.15, 0.2) is 24.3 Å². The molecule has 0 bridgehead atoms. The maximum atomic E-state index is 12.1. The van der Waals surface area contributed by atoms with Gasteiger partial charge in [-0.15, -0.1) is 0 Å². The Bertz CT molecular complexity index is 384. The molecule has 0 spiro atoms. The number of nitrogens with two attached hydrogens (primary N) is 1. The van der Waals surface area contributed by atoms with Crippen LogP contribution in [-0.2, 0) is 0 Å². The maximum absolute atomic E-state index is 12.1. The van der Waals surface area contributed by atoms with Crippen LogP contribution in [0.3, 0.4) is 0 Å². The maximum Gasteiger partial charge on any atom is 0.389 e. The van der Waals surface area contributed by atoms with Crippen molar-refractivity contribution in [2.75, 3.05) is 0 Å². The van der Waals surface area contributed by atoms with E-state index in [-0.39, 0.29) is 6.42 Å². The van der Waals surface area contributed by atoms with Crippen molar-refractivity contribution < 1.29 is 17.9 Å². The number of benzene rings is 1. The van der Waals surface area contributed by atoms with E-state index < -0.39 is 18.6 Å². The molecule has 0 amide bonds. The molecule has 1 unspecified atom stereocenters. The van der Waals surface area contributed by atoms with E-state index in [2.05, 4.69) is 0 Å². The standard InChI is InChI=1S/C13H16F3NO/c14-13(15,16)8-7-12(17)9-1-3-10(4-2-9)18-11-5-6-11/h1-4,11-12H,5-8,17H2. The fourth-order valence-corrected chi connectivity index (χ4v) is 1.66. The first kappa shape index (κ1) is 13.2. The number of ether oxygens (including phenoxy) is 1. The van der Waals surface area contributed by atoms with Crippen LogP contribution >= 0.6 is 0 Å². The average Bonchev–Trinajstić information content (AvgIpc) is 3.10. The minimum Gasteiger partial charge on any atom is -0.490 e. The molecule has 1 aromatic carbocycles. The number of hydrogen-bond donors (Lipinski definition) is 1. The van der Waals surface area contributed by atoms with E-state index in [1.807, 2.05) is 0 Å². The van der Waals surface area contributed by atoms with Crippen LogP contribution in [0.2, 0.25) is 0 Å². The zero-order chi connectivity index (χ0) is 13.2. The summed E-state index contributed by atoms with van der Waals surface area (Å²) in [4.78, 5) is 0. The van der Waals surface area contributed by atoms with Gasteiger partial charge in [0.2, 0.25) is 0 Å². The van der Waals surface area contributed by atoms with Gasteiger partial charge in [0.15, 0.2) is 0 Å². The van der Waals surface area contributed by atoms with Gasteiger partial charge in [-0.2, -0.15) is 13.2 Å². The van der Waals surface area contributed by atoms with Gasteiger partial charge in [0.1, 0.15) is 5.75 Å². The molecule has 5 heteroatoms. The third kappa shape index (κ3) is 4.22. The predicted molar refractivity (Wildman–Crippen MR) is 62.3 cm³/mol. The molecule has 0 aromatic heterocycles. The Morgan fingerprint density at radius 3 is 2.33 bits per heavy atom. The zero-order valence-corrected chi connectivity index (χ0v) is 9.91. The van der Waals surface area contributed by atoms with Crippen LogP contribution in [-0.4, -0.2) is 12.3 Å². The normalized spacial score (nSPS) is 17.6. The summed E-state index contributed by atoms with van der Waals surface area (Å²) < 4.78 is 41.8. The fraction of sp³-hybridized carbons (Fsp3) is 0.538. The molecule has 2 N–H and O–H groups in total. The second-order valence-electron chi connectivity index (χ2n) is 4.65. The van der Waals surface area contributed by atoms with Crippen LogP contribution in [0.5, 0.6) is 5.75 Å². The van der Waals surface area contributed by atoms with Gasteiger partial charge < -0.3 is 10.5 Å². The molecule has 1 atom stereocenters. The number of alkyl halides is 3. The van der Waals surface area contributed by atoms with Gasteiger partial charge in [0, 0.05) is 12.5 Å². The fourth-order valence-electron chi connectivity index (χ4n) is 1.66. The van der Waals surface area contributed by atoms with Crippen molar-refractivity contribution in [3.05, 3.63) is 29.8 Å². The summed E-state index contributed by atoms with van der Waals surface area (Å²) in [6.07, 6.45) is -2.62. The molecule has 18 heavy (non-hydrogen) atoms. The van der Waals surface area contributed by atoms with Gasteiger partial charge in [-0.05, 0) is 37.0 Å². The monoisotopic (exact) mass is 259 g/mol. The SMILES string of the molecule is NC(CCC(F)(F)F)c1ccc(OC2CC2)cc1. The summed E-state index contributed by atoms with van der Waals surface area (Å²) in [7, 11) is 0. The highest BCUT2D eigenvalue weighted by Crippen LogP contribution is 2.29. The van der Waals surface area contributed by atoms with E-state index in [1.54, 1.807) is 24.3 Å². The van der Waals surface area contributed by atoms with Gasteiger partial charge in [0.05, 0.1) is 6.10 Å². The highest BCUT2D eigenvalue weighted by atomic mass is 19.4. The summed E-state index contributed by atoms with van der Waals surface area (Å²) in [6, 6.07) is 6.42. The van der Waals surface area contributed by atoms with Crippen molar-refractivity contribution in [2.24, 2.45) is 5.73 Å². The second kappa shape index (κ2) is 5.18. The average molecular weight is 259 g/mol. The Labute approximate surface area is 104 Å². The molecule has 1 aliphatic carbocycles. The lowest BCUT2D eigenvalue weighted by atomic mass is 10.0.